The van der Waals surface area contributed by atoms with Crippen molar-refractivity contribution in [3.63, 3.8) is 0 Å². The average Bonchev–Trinajstić information content (AvgIpc) is 1.90. The van der Waals surface area contributed by atoms with Crippen LogP contribution in [0.3, 0.4) is 0 Å². The first kappa shape index (κ1) is 5.58. The van der Waals surface area contributed by atoms with Crippen molar-refractivity contribution in [1.29, 1.82) is 0 Å². The number of hydrogen-bond acceptors (Lipinski definition) is 1. The SMILES string of the molecule is [C-]#[N+][C@H]1CCCNC1. The quantitative estimate of drug-likeness (QED) is 0.453. The van der Waals surface area contributed by atoms with Crippen LogP contribution in [-0.2, 0) is 0 Å². The van der Waals surface area contributed by atoms with E-state index in [1.165, 1.54) is 6.42 Å². The summed E-state index contributed by atoms with van der Waals surface area (Å²) in [5.74, 6) is 0. The van der Waals surface area contributed by atoms with Crippen LogP contribution in [0, 0.1) is 6.57 Å². The van der Waals surface area contributed by atoms with E-state index in [1.807, 2.05) is 0 Å². The summed E-state index contributed by atoms with van der Waals surface area (Å²) in [5.41, 5.74) is 0. The Morgan fingerprint density at radius 2 is 2.50 bits per heavy atom. The topological polar surface area (TPSA) is 16.4 Å². The number of nitrogens with one attached hydrogen (secondary N) is 1. The van der Waals surface area contributed by atoms with Crippen molar-refractivity contribution < 1.29 is 0 Å². The molecule has 0 aliphatic carbocycles. The Bertz CT molecular complexity index is 97.6. The third-order valence-corrected chi connectivity index (χ3v) is 1.45. The lowest BCUT2D eigenvalue weighted by Crippen LogP contribution is -2.31. The van der Waals surface area contributed by atoms with Crippen LogP contribution in [-0.4, -0.2) is 19.1 Å². The zero-order chi connectivity index (χ0) is 5.82. The number of rotatable bonds is 0. The first-order chi connectivity index (χ1) is 3.93. The molecule has 1 fully saturated rings. The molecule has 2 heteroatoms. The third kappa shape index (κ3) is 1.21. The van der Waals surface area contributed by atoms with Crippen molar-refractivity contribution >= 4 is 0 Å². The maximum Gasteiger partial charge on any atom is 0.236 e. The first-order valence-electron chi connectivity index (χ1n) is 3.01. The molecule has 1 aliphatic rings. The molecule has 1 rings (SSSR count). The van der Waals surface area contributed by atoms with Gasteiger partial charge in [-0.3, -0.25) is 0 Å². The van der Waals surface area contributed by atoms with Crippen LogP contribution < -0.4 is 5.32 Å². The van der Waals surface area contributed by atoms with E-state index in [0.29, 0.717) is 0 Å². The molecule has 2 nitrogen and oxygen atoms in total. The highest BCUT2D eigenvalue weighted by molar-refractivity contribution is 4.83. The van der Waals surface area contributed by atoms with E-state index in [2.05, 4.69) is 10.2 Å². The van der Waals surface area contributed by atoms with Crippen LogP contribution in [0.5, 0.6) is 0 Å². The van der Waals surface area contributed by atoms with Gasteiger partial charge in [0.1, 0.15) is 0 Å². The smallest absolute Gasteiger partial charge is 0.236 e. The van der Waals surface area contributed by atoms with Gasteiger partial charge in [0.2, 0.25) is 6.04 Å². The second kappa shape index (κ2) is 2.68. The Balaban J connectivity index is 2.25. The normalized spacial score (nSPS) is 29.1. The van der Waals surface area contributed by atoms with Gasteiger partial charge >= 0.3 is 0 Å². The van der Waals surface area contributed by atoms with E-state index in [9.17, 15) is 0 Å². The van der Waals surface area contributed by atoms with Gasteiger partial charge in [-0.05, 0) is 13.0 Å². The molecule has 0 bridgehead atoms. The highest BCUT2D eigenvalue weighted by Crippen LogP contribution is 2.03. The number of piperidine rings is 1. The van der Waals surface area contributed by atoms with E-state index in [4.69, 9.17) is 6.57 Å². The van der Waals surface area contributed by atoms with E-state index < -0.39 is 0 Å². The van der Waals surface area contributed by atoms with Gasteiger partial charge in [0.15, 0.2) is 0 Å². The molecular weight excluding hydrogens is 100 g/mol. The molecule has 0 saturated carbocycles. The molecule has 8 heavy (non-hydrogen) atoms. The van der Waals surface area contributed by atoms with E-state index >= 15 is 0 Å². The van der Waals surface area contributed by atoms with Gasteiger partial charge in [-0.25, -0.2) is 6.57 Å². The number of hydrogen-bond donors (Lipinski definition) is 1. The lowest BCUT2D eigenvalue weighted by Gasteiger charge is -2.12. The molecule has 0 unspecified atom stereocenters. The summed E-state index contributed by atoms with van der Waals surface area (Å²) in [6.07, 6.45) is 2.27. The maximum absolute atomic E-state index is 6.68. The molecule has 44 valence electrons. The van der Waals surface area contributed by atoms with Crippen LogP contribution in [0.15, 0.2) is 0 Å². The fraction of sp³-hybridized carbons (Fsp3) is 0.833. The van der Waals surface area contributed by atoms with Crippen LogP contribution >= 0.6 is 0 Å². The molecule has 1 saturated heterocycles. The minimum atomic E-state index is 0.267. The van der Waals surface area contributed by atoms with Crippen molar-refractivity contribution in [2.75, 3.05) is 13.1 Å². The molecule has 0 radical (unpaired) electrons. The van der Waals surface area contributed by atoms with E-state index in [1.54, 1.807) is 0 Å². The zero-order valence-corrected chi connectivity index (χ0v) is 4.85. The summed E-state index contributed by atoms with van der Waals surface area (Å²) < 4.78 is 0. The Kier molecular flexibility index (Phi) is 1.87. The first-order valence-corrected chi connectivity index (χ1v) is 3.01. The van der Waals surface area contributed by atoms with Crippen LogP contribution in [0.25, 0.3) is 4.85 Å². The van der Waals surface area contributed by atoms with Crippen LogP contribution in [0.2, 0.25) is 0 Å². The predicted molar refractivity (Wildman–Crippen MR) is 32.5 cm³/mol. The Labute approximate surface area is 49.7 Å². The summed E-state index contributed by atoms with van der Waals surface area (Å²) in [4.78, 5) is 3.44. The summed E-state index contributed by atoms with van der Waals surface area (Å²) in [5, 5.41) is 3.17. The molecule has 1 N–H and O–H groups in total. The predicted octanol–water partition coefficient (Wildman–Crippen LogP) is 0.658. The fourth-order valence-electron chi connectivity index (χ4n) is 0.944. The zero-order valence-electron chi connectivity index (χ0n) is 4.85. The molecule has 0 spiro atoms. The van der Waals surface area contributed by atoms with Gasteiger partial charge < -0.3 is 10.2 Å². The van der Waals surface area contributed by atoms with Gasteiger partial charge in [0.05, 0.1) is 6.54 Å². The largest absolute Gasteiger partial charge is 0.312 e. The summed E-state index contributed by atoms with van der Waals surface area (Å²) >= 11 is 0. The summed E-state index contributed by atoms with van der Waals surface area (Å²) in [6, 6.07) is 0.267. The van der Waals surface area contributed by atoms with Gasteiger partial charge in [-0.1, -0.05) is 0 Å². The Hall–Kier alpha value is -0.550. The van der Waals surface area contributed by atoms with Crippen molar-refractivity contribution in [1.82, 2.24) is 5.32 Å². The monoisotopic (exact) mass is 110 g/mol. The van der Waals surface area contributed by atoms with Gasteiger partial charge in [0, 0.05) is 6.42 Å². The minimum absolute atomic E-state index is 0.267. The van der Waals surface area contributed by atoms with Crippen LogP contribution in [0.4, 0.5) is 0 Å². The molecule has 1 aliphatic heterocycles. The number of nitrogens with zero attached hydrogens (tertiary/aromatic N) is 1. The molecule has 0 aromatic rings. The molecule has 0 amide bonds. The van der Waals surface area contributed by atoms with Gasteiger partial charge in [-0.2, -0.15) is 0 Å². The Morgan fingerprint density at radius 3 is 2.88 bits per heavy atom. The van der Waals surface area contributed by atoms with Crippen LogP contribution in [0.1, 0.15) is 12.8 Å². The second-order valence-electron chi connectivity index (χ2n) is 2.13. The third-order valence-electron chi connectivity index (χ3n) is 1.45. The second-order valence-corrected chi connectivity index (χ2v) is 2.13. The summed E-state index contributed by atoms with van der Waals surface area (Å²) in [7, 11) is 0. The van der Waals surface area contributed by atoms with Gasteiger partial charge in [-0.15, -0.1) is 0 Å². The minimum Gasteiger partial charge on any atom is -0.312 e. The molecule has 0 aromatic heterocycles. The van der Waals surface area contributed by atoms with Gasteiger partial charge in [0.25, 0.3) is 0 Å². The maximum atomic E-state index is 6.68. The van der Waals surface area contributed by atoms with Crippen molar-refractivity contribution in [3.05, 3.63) is 11.4 Å². The summed E-state index contributed by atoms with van der Waals surface area (Å²) in [6.45, 7) is 8.69. The Morgan fingerprint density at radius 1 is 1.62 bits per heavy atom. The van der Waals surface area contributed by atoms with E-state index in [0.717, 1.165) is 19.5 Å². The fourth-order valence-corrected chi connectivity index (χ4v) is 0.944. The van der Waals surface area contributed by atoms with Crippen molar-refractivity contribution in [2.24, 2.45) is 0 Å². The standard InChI is InChI=1S/C6H10N2/c1-7-6-3-2-4-8-5-6/h6,8H,2-5H2/t6-/m0/s1. The van der Waals surface area contributed by atoms with Crippen molar-refractivity contribution in [3.8, 4) is 0 Å². The highest BCUT2D eigenvalue weighted by Gasteiger charge is 2.14. The molecule has 1 heterocycles. The average molecular weight is 110 g/mol. The lowest BCUT2D eigenvalue weighted by atomic mass is 10.1. The highest BCUT2D eigenvalue weighted by atomic mass is 14.9. The molecular formula is C6H10N2. The molecule has 1 atom stereocenters. The van der Waals surface area contributed by atoms with Crippen molar-refractivity contribution in [2.45, 2.75) is 18.9 Å². The lowest BCUT2D eigenvalue weighted by molar-refractivity contribution is 0.497. The molecule has 0 aromatic carbocycles. The van der Waals surface area contributed by atoms with E-state index in [-0.39, 0.29) is 6.04 Å².